The molecule has 31 heavy (non-hydrogen) atoms. The first-order chi connectivity index (χ1) is 14.9. The Labute approximate surface area is 182 Å². The van der Waals surface area contributed by atoms with Crippen LogP contribution < -0.4 is 4.90 Å². The van der Waals surface area contributed by atoms with E-state index in [4.69, 9.17) is 0 Å². The molecule has 1 aromatic heterocycles. The van der Waals surface area contributed by atoms with E-state index in [1.807, 2.05) is 61.0 Å². The highest BCUT2D eigenvalue weighted by molar-refractivity contribution is 6.01. The first kappa shape index (κ1) is 21.0. The number of anilines is 1. The Morgan fingerprint density at radius 3 is 2.32 bits per heavy atom. The fourth-order valence-corrected chi connectivity index (χ4v) is 4.02. The first-order valence-electron chi connectivity index (χ1n) is 10.8. The summed E-state index contributed by atoms with van der Waals surface area (Å²) in [4.78, 5) is 27.2. The van der Waals surface area contributed by atoms with Crippen LogP contribution in [-0.2, 0) is 16.1 Å². The van der Waals surface area contributed by atoms with E-state index < -0.39 is 0 Å². The fourth-order valence-electron chi connectivity index (χ4n) is 4.02. The summed E-state index contributed by atoms with van der Waals surface area (Å²) in [6.45, 7) is 8.35. The predicted octanol–water partition coefficient (Wildman–Crippen LogP) is 5.04. The first-order valence-corrected chi connectivity index (χ1v) is 10.8. The van der Waals surface area contributed by atoms with Crippen molar-refractivity contribution in [3.63, 3.8) is 0 Å². The molecule has 1 aliphatic rings. The van der Waals surface area contributed by atoms with E-state index in [0.717, 1.165) is 33.8 Å². The standard InChI is InChI=1S/C25H28N4O2/c1-16(2)22(30)13-14-23(31)28-15-18-9-5-6-10-19(18)25-24(26-27-29(25)17(3)4)20-11-7-8-12-21(20)28/h5-12,16-17H,13-15H2,1-4H3. The minimum Gasteiger partial charge on any atom is -0.307 e. The van der Waals surface area contributed by atoms with Gasteiger partial charge in [0.1, 0.15) is 11.5 Å². The Hall–Kier alpha value is -3.28. The lowest BCUT2D eigenvalue weighted by molar-refractivity contribution is -0.125. The molecule has 160 valence electrons. The van der Waals surface area contributed by atoms with Crippen LogP contribution in [0.25, 0.3) is 22.5 Å². The molecule has 0 saturated heterocycles. The number of carbonyl (C=O) groups excluding carboxylic acids is 2. The Balaban J connectivity index is 1.86. The van der Waals surface area contributed by atoms with Crippen molar-refractivity contribution in [2.24, 2.45) is 5.92 Å². The van der Waals surface area contributed by atoms with E-state index in [-0.39, 0.29) is 36.5 Å². The summed E-state index contributed by atoms with van der Waals surface area (Å²) >= 11 is 0. The number of fused-ring (bicyclic) bond motifs is 5. The zero-order chi connectivity index (χ0) is 22.1. The van der Waals surface area contributed by atoms with Crippen LogP contribution in [0.3, 0.4) is 0 Å². The van der Waals surface area contributed by atoms with Crippen molar-refractivity contribution < 1.29 is 9.59 Å². The zero-order valence-corrected chi connectivity index (χ0v) is 18.5. The van der Waals surface area contributed by atoms with Gasteiger partial charge in [-0.2, -0.15) is 0 Å². The highest BCUT2D eigenvalue weighted by atomic mass is 16.2. The Morgan fingerprint density at radius 2 is 1.61 bits per heavy atom. The molecule has 0 atom stereocenters. The lowest BCUT2D eigenvalue weighted by Gasteiger charge is -2.29. The summed E-state index contributed by atoms with van der Waals surface area (Å²) in [5.74, 6) is -0.0195. The van der Waals surface area contributed by atoms with Crippen molar-refractivity contribution in [3.05, 3.63) is 54.1 Å². The molecule has 2 heterocycles. The van der Waals surface area contributed by atoms with Crippen molar-refractivity contribution in [3.8, 4) is 22.5 Å². The van der Waals surface area contributed by atoms with Crippen molar-refractivity contribution >= 4 is 17.4 Å². The van der Waals surface area contributed by atoms with Gasteiger partial charge in [-0.1, -0.05) is 61.5 Å². The van der Waals surface area contributed by atoms with Gasteiger partial charge in [-0.05, 0) is 25.5 Å². The van der Waals surface area contributed by atoms with E-state index in [2.05, 4.69) is 30.2 Å². The number of ketones is 1. The van der Waals surface area contributed by atoms with Gasteiger partial charge in [0.25, 0.3) is 0 Å². The molecule has 1 amide bonds. The van der Waals surface area contributed by atoms with Gasteiger partial charge in [-0.3, -0.25) is 9.59 Å². The molecular formula is C25H28N4O2. The van der Waals surface area contributed by atoms with E-state index in [1.54, 1.807) is 4.90 Å². The van der Waals surface area contributed by atoms with Gasteiger partial charge in [-0.25, -0.2) is 4.68 Å². The number of hydrogen-bond donors (Lipinski definition) is 0. The molecule has 6 nitrogen and oxygen atoms in total. The number of Topliss-reactive ketones (excluding diaryl/α,β-unsaturated/α-hetero) is 1. The van der Waals surface area contributed by atoms with Gasteiger partial charge in [0.2, 0.25) is 5.91 Å². The molecule has 1 aliphatic heterocycles. The normalized spacial score (nSPS) is 12.8. The van der Waals surface area contributed by atoms with Crippen LogP contribution in [0.15, 0.2) is 48.5 Å². The maximum Gasteiger partial charge on any atom is 0.227 e. The Kier molecular flexibility index (Phi) is 5.72. The van der Waals surface area contributed by atoms with Gasteiger partial charge < -0.3 is 4.90 Å². The number of para-hydroxylation sites is 1. The van der Waals surface area contributed by atoms with Gasteiger partial charge in [-0.15, -0.1) is 5.10 Å². The number of nitrogens with zero attached hydrogens (tertiary/aromatic N) is 4. The molecule has 3 aromatic rings. The molecule has 0 N–H and O–H groups in total. The SMILES string of the molecule is CC(C)C(=O)CCC(=O)N1Cc2ccccc2-c2c(nnn2C(C)C)-c2ccccc21. The molecule has 0 bridgehead atoms. The number of benzene rings is 2. The average Bonchev–Trinajstić information content (AvgIpc) is 3.19. The van der Waals surface area contributed by atoms with Crippen LogP contribution in [0.5, 0.6) is 0 Å². The zero-order valence-electron chi connectivity index (χ0n) is 18.5. The van der Waals surface area contributed by atoms with Gasteiger partial charge >= 0.3 is 0 Å². The number of carbonyl (C=O) groups is 2. The van der Waals surface area contributed by atoms with Crippen LogP contribution in [0.4, 0.5) is 5.69 Å². The highest BCUT2D eigenvalue weighted by Crippen LogP contribution is 2.41. The molecular weight excluding hydrogens is 388 g/mol. The maximum absolute atomic E-state index is 13.3. The Bertz CT molecular complexity index is 1130. The summed E-state index contributed by atoms with van der Waals surface area (Å²) in [5.41, 5.74) is 5.49. The molecule has 0 aliphatic carbocycles. The number of amides is 1. The molecule has 0 fully saturated rings. The van der Waals surface area contributed by atoms with Crippen LogP contribution >= 0.6 is 0 Å². The van der Waals surface area contributed by atoms with E-state index in [0.29, 0.717) is 6.54 Å². The van der Waals surface area contributed by atoms with Crippen LogP contribution in [0, 0.1) is 5.92 Å². The highest BCUT2D eigenvalue weighted by Gasteiger charge is 2.29. The molecule has 4 rings (SSSR count). The average molecular weight is 417 g/mol. The lowest BCUT2D eigenvalue weighted by atomic mass is 9.95. The second-order valence-electron chi connectivity index (χ2n) is 8.60. The minimum absolute atomic E-state index is 0.0593. The summed E-state index contributed by atoms with van der Waals surface area (Å²) in [5, 5.41) is 8.98. The molecule has 0 spiro atoms. The number of aromatic nitrogens is 3. The molecule has 0 radical (unpaired) electrons. The fraction of sp³-hybridized carbons (Fsp3) is 0.360. The Morgan fingerprint density at radius 1 is 0.935 bits per heavy atom. The smallest absolute Gasteiger partial charge is 0.227 e. The predicted molar refractivity (Wildman–Crippen MR) is 122 cm³/mol. The van der Waals surface area contributed by atoms with Crippen molar-refractivity contribution in [2.45, 2.75) is 53.1 Å². The van der Waals surface area contributed by atoms with Gasteiger partial charge in [0, 0.05) is 35.9 Å². The third-order valence-corrected chi connectivity index (χ3v) is 5.76. The summed E-state index contributed by atoms with van der Waals surface area (Å²) in [7, 11) is 0. The molecule has 0 unspecified atom stereocenters. The van der Waals surface area contributed by atoms with Crippen molar-refractivity contribution in [1.29, 1.82) is 0 Å². The maximum atomic E-state index is 13.3. The summed E-state index contributed by atoms with van der Waals surface area (Å²) < 4.78 is 1.95. The van der Waals surface area contributed by atoms with Gasteiger partial charge in [0.05, 0.1) is 17.9 Å². The minimum atomic E-state index is -0.0678. The number of hydrogen-bond acceptors (Lipinski definition) is 4. The van der Waals surface area contributed by atoms with Crippen LogP contribution in [0.1, 0.15) is 52.1 Å². The van der Waals surface area contributed by atoms with E-state index in [9.17, 15) is 9.59 Å². The van der Waals surface area contributed by atoms with Crippen LogP contribution in [0.2, 0.25) is 0 Å². The third kappa shape index (κ3) is 3.90. The van der Waals surface area contributed by atoms with Crippen LogP contribution in [-0.4, -0.2) is 26.7 Å². The number of rotatable bonds is 5. The summed E-state index contributed by atoms with van der Waals surface area (Å²) in [6.07, 6.45) is 0.449. The molecule has 0 saturated carbocycles. The second kappa shape index (κ2) is 8.46. The quantitative estimate of drug-likeness (QED) is 0.584. The van der Waals surface area contributed by atoms with E-state index >= 15 is 0 Å². The summed E-state index contributed by atoms with van der Waals surface area (Å²) in [6, 6.07) is 16.1. The van der Waals surface area contributed by atoms with Crippen molar-refractivity contribution in [1.82, 2.24) is 15.0 Å². The second-order valence-corrected chi connectivity index (χ2v) is 8.60. The van der Waals surface area contributed by atoms with Gasteiger partial charge in [0.15, 0.2) is 0 Å². The third-order valence-electron chi connectivity index (χ3n) is 5.76. The monoisotopic (exact) mass is 416 g/mol. The lowest BCUT2D eigenvalue weighted by Crippen LogP contribution is -2.32. The largest absolute Gasteiger partial charge is 0.307 e. The molecule has 2 aromatic carbocycles. The van der Waals surface area contributed by atoms with E-state index in [1.165, 1.54) is 0 Å². The van der Waals surface area contributed by atoms with Crippen molar-refractivity contribution in [2.75, 3.05) is 4.90 Å². The molecule has 6 heteroatoms. The topological polar surface area (TPSA) is 68.1 Å².